The van der Waals surface area contributed by atoms with Crippen molar-refractivity contribution < 1.29 is 14.3 Å². The van der Waals surface area contributed by atoms with Crippen molar-refractivity contribution >= 4 is 18.4 Å². The summed E-state index contributed by atoms with van der Waals surface area (Å²) >= 11 is 0. The summed E-state index contributed by atoms with van der Waals surface area (Å²) in [6, 6.07) is 6.98. The van der Waals surface area contributed by atoms with E-state index >= 15 is 0 Å². The largest absolute Gasteiger partial charge is 0.497 e. The Morgan fingerprint density at radius 1 is 1.35 bits per heavy atom. The number of benzene rings is 1. The van der Waals surface area contributed by atoms with Gasteiger partial charge in [-0.2, -0.15) is 0 Å². The number of methoxy groups -OCH3 is 1. The average Bonchev–Trinajstić information content (AvgIpc) is 2.48. The maximum atomic E-state index is 11.8. The van der Waals surface area contributed by atoms with Crippen LogP contribution in [0.25, 0.3) is 0 Å². The molecule has 0 spiro atoms. The number of nitrogens with one attached hydrogen (secondary N) is 1. The van der Waals surface area contributed by atoms with Crippen LogP contribution in [0.15, 0.2) is 24.3 Å². The molecule has 2 rings (SSSR count). The molecule has 112 valence electrons. The van der Waals surface area contributed by atoms with Crippen LogP contribution in [0.1, 0.15) is 29.6 Å². The first kappa shape index (κ1) is 16.8. The number of hydrogen-bond acceptors (Lipinski definition) is 4. The second-order valence-electron chi connectivity index (χ2n) is 4.87. The Morgan fingerprint density at radius 2 is 2.10 bits per heavy atom. The van der Waals surface area contributed by atoms with Crippen molar-refractivity contribution in [3.05, 3.63) is 29.8 Å². The average molecular weight is 300 g/mol. The van der Waals surface area contributed by atoms with Gasteiger partial charge in [-0.05, 0) is 62.5 Å². The Bertz CT molecular complexity index is 402. The SMILES string of the molecule is COc1ccc(C(=O)OCCC2CCCNC2)cc1.Cl. The highest BCUT2D eigenvalue weighted by Crippen LogP contribution is 2.15. The summed E-state index contributed by atoms with van der Waals surface area (Å²) in [4.78, 5) is 11.8. The van der Waals surface area contributed by atoms with Gasteiger partial charge in [0.05, 0.1) is 19.3 Å². The van der Waals surface area contributed by atoms with Gasteiger partial charge in [-0.25, -0.2) is 4.79 Å². The van der Waals surface area contributed by atoms with Crippen molar-refractivity contribution in [1.29, 1.82) is 0 Å². The van der Waals surface area contributed by atoms with Gasteiger partial charge in [-0.15, -0.1) is 12.4 Å². The van der Waals surface area contributed by atoms with Gasteiger partial charge in [0.15, 0.2) is 0 Å². The van der Waals surface area contributed by atoms with E-state index in [9.17, 15) is 4.79 Å². The quantitative estimate of drug-likeness (QED) is 0.849. The van der Waals surface area contributed by atoms with Crippen LogP contribution in [0, 0.1) is 5.92 Å². The fourth-order valence-electron chi connectivity index (χ4n) is 2.30. The van der Waals surface area contributed by atoms with Gasteiger partial charge in [-0.1, -0.05) is 0 Å². The van der Waals surface area contributed by atoms with Crippen molar-refractivity contribution in [3.8, 4) is 5.75 Å². The summed E-state index contributed by atoms with van der Waals surface area (Å²) in [5.41, 5.74) is 0.572. The van der Waals surface area contributed by atoms with Crippen molar-refractivity contribution in [1.82, 2.24) is 5.32 Å². The van der Waals surface area contributed by atoms with E-state index in [0.717, 1.165) is 25.3 Å². The Labute approximate surface area is 126 Å². The number of hydrogen-bond donors (Lipinski definition) is 1. The molecule has 1 saturated heterocycles. The Balaban J connectivity index is 0.00000200. The van der Waals surface area contributed by atoms with Crippen LogP contribution in [0.4, 0.5) is 0 Å². The minimum atomic E-state index is -0.258. The number of carbonyl (C=O) groups excluding carboxylic acids is 1. The fourth-order valence-corrected chi connectivity index (χ4v) is 2.30. The lowest BCUT2D eigenvalue weighted by molar-refractivity contribution is 0.0477. The van der Waals surface area contributed by atoms with E-state index in [1.54, 1.807) is 31.4 Å². The van der Waals surface area contributed by atoms with Crippen LogP contribution < -0.4 is 10.1 Å². The van der Waals surface area contributed by atoms with Gasteiger partial charge in [0, 0.05) is 0 Å². The predicted octanol–water partition coefficient (Wildman–Crippen LogP) is 2.66. The molecule has 1 fully saturated rings. The van der Waals surface area contributed by atoms with Crippen LogP contribution in [-0.2, 0) is 4.74 Å². The van der Waals surface area contributed by atoms with Crippen molar-refractivity contribution in [2.75, 3.05) is 26.8 Å². The molecule has 5 heteroatoms. The molecule has 1 aromatic rings. The molecule has 0 radical (unpaired) electrons. The van der Waals surface area contributed by atoms with E-state index < -0.39 is 0 Å². The topological polar surface area (TPSA) is 47.6 Å². The second kappa shape index (κ2) is 8.82. The fraction of sp³-hybridized carbons (Fsp3) is 0.533. The summed E-state index contributed by atoms with van der Waals surface area (Å²) in [6.45, 7) is 2.65. The molecule has 20 heavy (non-hydrogen) atoms. The molecule has 1 unspecified atom stereocenters. The van der Waals surface area contributed by atoms with Crippen molar-refractivity contribution in [3.63, 3.8) is 0 Å². The molecule has 0 bridgehead atoms. The minimum absolute atomic E-state index is 0. The molecular weight excluding hydrogens is 278 g/mol. The van der Waals surface area contributed by atoms with E-state index in [-0.39, 0.29) is 18.4 Å². The minimum Gasteiger partial charge on any atom is -0.497 e. The number of carbonyl (C=O) groups is 1. The number of rotatable bonds is 5. The Morgan fingerprint density at radius 3 is 2.70 bits per heavy atom. The molecule has 1 aliphatic heterocycles. The Hall–Kier alpha value is -1.26. The zero-order valence-electron chi connectivity index (χ0n) is 11.8. The van der Waals surface area contributed by atoms with E-state index in [2.05, 4.69) is 5.32 Å². The first-order chi connectivity index (χ1) is 9.29. The first-order valence-corrected chi connectivity index (χ1v) is 6.81. The molecule has 1 atom stereocenters. The summed E-state index contributed by atoms with van der Waals surface area (Å²) < 4.78 is 10.3. The molecule has 0 amide bonds. The molecule has 1 aliphatic rings. The third-order valence-corrected chi connectivity index (χ3v) is 3.48. The molecule has 1 N–H and O–H groups in total. The maximum Gasteiger partial charge on any atom is 0.338 e. The molecule has 0 aromatic heterocycles. The van der Waals surface area contributed by atoms with Crippen molar-refractivity contribution in [2.45, 2.75) is 19.3 Å². The lowest BCUT2D eigenvalue weighted by Gasteiger charge is -2.22. The summed E-state index contributed by atoms with van der Waals surface area (Å²) in [7, 11) is 1.60. The van der Waals surface area contributed by atoms with Gasteiger partial charge in [0.2, 0.25) is 0 Å². The molecular formula is C15H22ClNO3. The number of piperidine rings is 1. The highest BCUT2D eigenvalue weighted by Gasteiger charge is 2.14. The van der Waals surface area contributed by atoms with Gasteiger partial charge < -0.3 is 14.8 Å². The Kier molecular flexibility index (Phi) is 7.41. The molecule has 0 aliphatic carbocycles. The van der Waals surface area contributed by atoms with Crippen LogP contribution in [0.2, 0.25) is 0 Å². The van der Waals surface area contributed by atoms with Crippen LogP contribution in [-0.4, -0.2) is 32.8 Å². The molecule has 1 aromatic carbocycles. The summed E-state index contributed by atoms with van der Waals surface area (Å²) in [5, 5.41) is 3.36. The van der Waals surface area contributed by atoms with Crippen molar-refractivity contribution in [2.24, 2.45) is 5.92 Å². The van der Waals surface area contributed by atoms with E-state index in [0.29, 0.717) is 18.1 Å². The molecule has 0 saturated carbocycles. The standard InChI is InChI=1S/C15H21NO3.ClH/c1-18-14-6-4-13(5-7-14)15(17)19-10-8-12-3-2-9-16-11-12;/h4-7,12,16H,2-3,8-11H2,1H3;1H. The zero-order chi connectivity index (χ0) is 13.5. The lowest BCUT2D eigenvalue weighted by Crippen LogP contribution is -2.30. The number of esters is 1. The van der Waals surface area contributed by atoms with Crippen LogP contribution in [0.5, 0.6) is 5.75 Å². The third kappa shape index (κ3) is 5.02. The number of ether oxygens (including phenoxy) is 2. The van der Waals surface area contributed by atoms with Gasteiger partial charge in [0.1, 0.15) is 5.75 Å². The van der Waals surface area contributed by atoms with Crippen LogP contribution >= 0.6 is 12.4 Å². The maximum absolute atomic E-state index is 11.8. The van der Waals surface area contributed by atoms with E-state index in [1.165, 1.54) is 12.8 Å². The first-order valence-electron chi connectivity index (χ1n) is 6.81. The summed E-state index contributed by atoms with van der Waals surface area (Å²) in [6.07, 6.45) is 3.39. The predicted molar refractivity (Wildman–Crippen MR) is 80.7 cm³/mol. The smallest absolute Gasteiger partial charge is 0.338 e. The van der Waals surface area contributed by atoms with Gasteiger partial charge in [0.25, 0.3) is 0 Å². The highest BCUT2D eigenvalue weighted by atomic mass is 35.5. The lowest BCUT2D eigenvalue weighted by atomic mass is 9.97. The highest BCUT2D eigenvalue weighted by molar-refractivity contribution is 5.89. The van der Waals surface area contributed by atoms with Gasteiger partial charge >= 0.3 is 5.97 Å². The van der Waals surface area contributed by atoms with Gasteiger partial charge in [-0.3, -0.25) is 0 Å². The second-order valence-corrected chi connectivity index (χ2v) is 4.87. The number of halogens is 1. The third-order valence-electron chi connectivity index (χ3n) is 3.48. The molecule has 1 heterocycles. The van der Waals surface area contributed by atoms with Crippen LogP contribution in [0.3, 0.4) is 0 Å². The zero-order valence-corrected chi connectivity index (χ0v) is 12.6. The summed E-state index contributed by atoms with van der Waals surface area (Å²) in [5.74, 6) is 1.12. The monoisotopic (exact) mass is 299 g/mol. The van der Waals surface area contributed by atoms with E-state index in [1.807, 2.05) is 0 Å². The van der Waals surface area contributed by atoms with E-state index in [4.69, 9.17) is 9.47 Å². The normalized spacial score (nSPS) is 17.9. The molecule has 4 nitrogen and oxygen atoms in total.